The summed E-state index contributed by atoms with van der Waals surface area (Å²) < 4.78 is 2.71. The number of rotatable bonds is 2. The molecule has 0 N–H and O–H groups in total. The molecule has 0 saturated carbocycles. The zero-order valence-electron chi connectivity index (χ0n) is 22.3. The molecule has 0 nitrogen and oxygen atoms in total. The predicted octanol–water partition coefficient (Wildman–Crippen LogP) is 12.0. The summed E-state index contributed by atoms with van der Waals surface area (Å²) in [4.78, 5) is 0. The number of benzene rings is 8. The van der Waals surface area contributed by atoms with Crippen molar-refractivity contribution < 1.29 is 0 Å². The summed E-state index contributed by atoms with van der Waals surface area (Å²) in [6.07, 6.45) is 0. The third-order valence-corrected chi connectivity index (χ3v) is 9.82. The molecule has 0 spiro atoms. The zero-order chi connectivity index (χ0) is 26.9. The van der Waals surface area contributed by atoms with Crippen LogP contribution in [0, 0.1) is 0 Å². The molecule has 190 valence electrons. The van der Waals surface area contributed by atoms with Crippen LogP contribution in [-0.4, -0.2) is 0 Å². The van der Waals surface area contributed by atoms with Gasteiger partial charge in [-0.3, -0.25) is 0 Å². The molecule has 0 bridgehead atoms. The lowest BCUT2D eigenvalue weighted by Gasteiger charge is -2.18. The van der Waals surface area contributed by atoms with Crippen LogP contribution in [0.25, 0.3) is 85.5 Å². The van der Waals surface area contributed by atoms with Crippen molar-refractivity contribution in [2.45, 2.75) is 0 Å². The van der Waals surface area contributed by atoms with Gasteiger partial charge in [-0.15, -0.1) is 11.3 Å². The molecule has 1 aromatic heterocycles. The first-order valence-electron chi connectivity index (χ1n) is 14.1. The Hall–Kier alpha value is -4.98. The molecule has 1 heterocycles. The number of fused-ring (bicyclic) bond motifs is 8. The SMILES string of the molecule is c1ccc2cc(-c3c4ccccc4c(-c4ccc5c(c4)sc4c6ccccc6ccc54)c4ccccc34)ccc2c1. The molecule has 0 unspecified atom stereocenters. The summed E-state index contributed by atoms with van der Waals surface area (Å²) in [7, 11) is 0. The molecule has 0 fully saturated rings. The standard InChI is InChI=1S/C40H24S/c1-2-11-27-23-28(18-17-25(27)9-1)38-32-13-5-7-15-34(32)39(35-16-8-6-14-33(35)38)29-20-21-31-36-22-19-26-10-3-4-12-30(26)40(36)41-37(31)24-29/h1-24H. The van der Waals surface area contributed by atoms with Crippen LogP contribution in [0.15, 0.2) is 146 Å². The molecule has 0 aliphatic rings. The first-order chi connectivity index (χ1) is 20.3. The molecule has 0 amide bonds. The van der Waals surface area contributed by atoms with Crippen molar-refractivity contribution >= 4 is 74.6 Å². The van der Waals surface area contributed by atoms with Crippen molar-refractivity contribution in [1.29, 1.82) is 0 Å². The Morgan fingerprint density at radius 2 is 0.805 bits per heavy atom. The summed E-state index contributed by atoms with van der Waals surface area (Å²) in [5, 5.41) is 13.0. The zero-order valence-corrected chi connectivity index (χ0v) is 23.1. The molecule has 8 aromatic carbocycles. The van der Waals surface area contributed by atoms with Gasteiger partial charge in [0, 0.05) is 20.2 Å². The lowest BCUT2D eigenvalue weighted by atomic mass is 9.85. The van der Waals surface area contributed by atoms with E-state index in [1.54, 1.807) is 0 Å². The van der Waals surface area contributed by atoms with E-state index in [1.807, 2.05) is 11.3 Å². The van der Waals surface area contributed by atoms with Crippen molar-refractivity contribution in [1.82, 2.24) is 0 Å². The van der Waals surface area contributed by atoms with Gasteiger partial charge >= 0.3 is 0 Å². The Kier molecular flexibility index (Phi) is 4.87. The topological polar surface area (TPSA) is 0 Å². The fraction of sp³-hybridized carbons (Fsp3) is 0. The van der Waals surface area contributed by atoms with Gasteiger partial charge < -0.3 is 0 Å². The average molecular weight is 537 g/mol. The molecule has 0 aliphatic carbocycles. The highest BCUT2D eigenvalue weighted by atomic mass is 32.1. The van der Waals surface area contributed by atoms with E-state index >= 15 is 0 Å². The Bertz CT molecular complexity index is 2420. The maximum Gasteiger partial charge on any atom is 0.0433 e. The highest BCUT2D eigenvalue weighted by Crippen LogP contribution is 2.46. The summed E-state index contributed by atoms with van der Waals surface area (Å²) in [5.41, 5.74) is 5.14. The van der Waals surface area contributed by atoms with Crippen LogP contribution in [0.3, 0.4) is 0 Å². The van der Waals surface area contributed by atoms with Crippen LogP contribution in [0.4, 0.5) is 0 Å². The van der Waals surface area contributed by atoms with Crippen LogP contribution in [0.5, 0.6) is 0 Å². The van der Waals surface area contributed by atoms with Gasteiger partial charge in [0.05, 0.1) is 0 Å². The molecular weight excluding hydrogens is 513 g/mol. The van der Waals surface area contributed by atoms with E-state index in [9.17, 15) is 0 Å². The molecule has 9 aromatic rings. The summed E-state index contributed by atoms with van der Waals surface area (Å²) in [6, 6.07) is 53.7. The van der Waals surface area contributed by atoms with E-state index in [0.29, 0.717) is 0 Å². The minimum atomic E-state index is 1.26. The highest BCUT2D eigenvalue weighted by molar-refractivity contribution is 7.26. The van der Waals surface area contributed by atoms with Gasteiger partial charge in [0.1, 0.15) is 0 Å². The molecule has 0 atom stereocenters. The van der Waals surface area contributed by atoms with Crippen molar-refractivity contribution in [2.24, 2.45) is 0 Å². The normalized spacial score (nSPS) is 11.9. The molecule has 1 heteroatoms. The second kappa shape index (κ2) is 8.76. The van der Waals surface area contributed by atoms with E-state index in [0.717, 1.165) is 0 Å². The number of hydrogen-bond donors (Lipinski definition) is 0. The van der Waals surface area contributed by atoms with Crippen molar-refractivity contribution in [3.05, 3.63) is 146 Å². The van der Waals surface area contributed by atoms with Gasteiger partial charge in [-0.25, -0.2) is 0 Å². The second-order valence-corrected chi connectivity index (χ2v) is 11.9. The maximum absolute atomic E-state index is 2.42. The Morgan fingerprint density at radius 3 is 1.49 bits per heavy atom. The monoisotopic (exact) mass is 536 g/mol. The van der Waals surface area contributed by atoms with Crippen LogP contribution < -0.4 is 0 Å². The first-order valence-corrected chi connectivity index (χ1v) is 14.9. The molecule has 0 aliphatic heterocycles. The van der Waals surface area contributed by atoms with E-state index < -0.39 is 0 Å². The van der Waals surface area contributed by atoms with E-state index in [4.69, 9.17) is 0 Å². The van der Waals surface area contributed by atoms with Gasteiger partial charge in [-0.05, 0) is 77.5 Å². The quantitative estimate of drug-likeness (QED) is 0.193. The molecular formula is C40H24S. The molecule has 0 radical (unpaired) electrons. The minimum absolute atomic E-state index is 1.26. The third kappa shape index (κ3) is 3.40. The van der Waals surface area contributed by atoms with Crippen molar-refractivity contribution in [3.8, 4) is 22.3 Å². The van der Waals surface area contributed by atoms with Gasteiger partial charge in [0.15, 0.2) is 0 Å². The predicted molar refractivity (Wildman–Crippen MR) is 180 cm³/mol. The van der Waals surface area contributed by atoms with Crippen LogP contribution in [-0.2, 0) is 0 Å². The Morgan fingerprint density at radius 1 is 0.317 bits per heavy atom. The summed E-state index contributed by atoms with van der Waals surface area (Å²) in [6.45, 7) is 0. The smallest absolute Gasteiger partial charge is 0.0433 e. The number of thiophene rings is 1. The summed E-state index contributed by atoms with van der Waals surface area (Å²) >= 11 is 1.91. The number of hydrogen-bond acceptors (Lipinski definition) is 1. The molecule has 0 saturated heterocycles. The lowest BCUT2D eigenvalue weighted by Crippen LogP contribution is -1.90. The van der Waals surface area contributed by atoms with E-state index in [-0.39, 0.29) is 0 Å². The molecule has 41 heavy (non-hydrogen) atoms. The second-order valence-electron chi connectivity index (χ2n) is 10.9. The van der Waals surface area contributed by atoms with Crippen molar-refractivity contribution in [2.75, 3.05) is 0 Å². The van der Waals surface area contributed by atoms with Crippen molar-refractivity contribution in [3.63, 3.8) is 0 Å². The lowest BCUT2D eigenvalue weighted by molar-refractivity contribution is 1.69. The van der Waals surface area contributed by atoms with Gasteiger partial charge in [0.2, 0.25) is 0 Å². The summed E-state index contributed by atoms with van der Waals surface area (Å²) in [5.74, 6) is 0. The fourth-order valence-electron chi connectivity index (χ4n) is 6.76. The largest absolute Gasteiger partial charge is 0.135 e. The third-order valence-electron chi connectivity index (χ3n) is 8.62. The Labute approximate surface area is 241 Å². The van der Waals surface area contributed by atoms with E-state index in [1.165, 1.54) is 85.5 Å². The van der Waals surface area contributed by atoms with Crippen LogP contribution >= 0.6 is 11.3 Å². The van der Waals surface area contributed by atoms with Gasteiger partial charge in [-0.2, -0.15) is 0 Å². The van der Waals surface area contributed by atoms with Crippen LogP contribution in [0.2, 0.25) is 0 Å². The van der Waals surface area contributed by atoms with Crippen LogP contribution in [0.1, 0.15) is 0 Å². The first kappa shape index (κ1) is 22.8. The van der Waals surface area contributed by atoms with Gasteiger partial charge in [0.25, 0.3) is 0 Å². The minimum Gasteiger partial charge on any atom is -0.135 e. The highest BCUT2D eigenvalue weighted by Gasteiger charge is 2.18. The Balaban J connectivity index is 1.35. The maximum atomic E-state index is 2.42. The molecule has 9 rings (SSSR count). The van der Waals surface area contributed by atoms with E-state index in [2.05, 4.69) is 146 Å². The average Bonchev–Trinajstić information content (AvgIpc) is 3.42. The fourth-order valence-corrected chi connectivity index (χ4v) is 8.03. The van der Waals surface area contributed by atoms with Gasteiger partial charge in [-0.1, -0.05) is 133 Å².